The average Bonchev–Trinajstić information content (AvgIpc) is 3.08. The molecule has 2 rings (SSSR count). The molecule has 0 amide bonds. The van der Waals surface area contributed by atoms with Gasteiger partial charge in [0.2, 0.25) is 0 Å². The molecule has 1 fully saturated rings. The van der Waals surface area contributed by atoms with Crippen molar-refractivity contribution in [1.29, 1.82) is 0 Å². The second-order valence-corrected chi connectivity index (χ2v) is 4.35. The predicted octanol–water partition coefficient (Wildman–Crippen LogP) is 3.11. The third-order valence-corrected chi connectivity index (χ3v) is 2.86. The van der Waals surface area contributed by atoms with E-state index in [1.165, 1.54) is 12.1 Å². The molecule has 1 aliphatic rings. The number of rotatable bonds is 5. The van der Waals surface area contributed by atoms with Gasteiger partial charge in [0, 0.05) is 24.3 Å². The molecule has 0 aromatic heterocycles. The highest BCUT2D eigenvalue weighted by atomic mass is 19.1. The first kappa shape index (κ1) is 11.8. The lowest BCUT2D eigenvalue weighted by atomic mass is 10.2. The van der Waals surface area contributed by atoms with Crippen LogP contribution in [-0.4, -0.2) is 17.5 Å². The molecule has 0 bridgehead atoms. The minimum absolute atomic E-state index is 0.179. The first-order valence-corrected chi connectivity index (χ1v) is 5.83. The molecule has 0 spiro atoms. The van der Waals surface area contributed by atoms with Crippen LogP contribution in [0, 0.1) is 15.9 Å². The number of halogens is 1. The summed E-state index contributed by atoms with van der Waals surface area (Å²) in [6.45, 7) is 2.86. The second-order valence-electron chi connectivity index (χ2n) is 4.35. The summed E-state index contributed by atoms with van der Waals surface area (Å²) in [6, 6.07) is 4.22. The Balaban J connectivity index is 2.31. The molecular weight excluding hydrogens is 223 g/mol. The monoisotopic (exact) mass is 238 g/mol. The fourth-order valence-electron chi connectivity index (χ4n) is 1.98. The Morgan fingerprint density at radius 2 is 2.18 bits per heavy atom. The second kappa shape index (κ2) is 4.69. The van der Waals surface area contributed by atoms with Gasteiger partial charge in [-0.1, -0.05) is 6.92 Å². The quantitative estimate of drug-likeness (QED) is 0.585. The van der Waals surface area contributed by atoms with Gasteiger partial charge in [0.15, 0.2) is 0 Å². The molecule has 5 heteroatoms. The minimum Gasteiger partial charge on any atom is -0.368 e. The van der Waals surface area contributed by atoms with E-state index in [1.54, 1.807) is 0 Å². The van der Waals surface area contributed by atoms with Gasteiger partial charge in [0.05, 0.1) is 11.0 Å². The lowest BCUT2D eigenvalue weighted by Crippen LogP contribution is -2.26. The van der Waals surface area contributed by atoms with Gasteiger partial charge < -0.3 is 4.90 Å². The van der Waals surface area contributed by atoms with Gasteiger partial charge in [-0.15, -0.1) is 0 Å². The van der Waals surface area contributed by atoms with Crippen molar-refractivity contribution in [2.24, 2.45) is 0 Å². The molecule has 0 aliphatic heterocycles. The van der Waals surface area contributed by atoms with E-state index in [0.717, 1.165) is 31.9 Å². The molecule has 0 N–H and O–H groups in total. The van der Waals surface area contributed by atoms with Crippen molar-refractivity contribution in [2.75, 3.05) is 11.4 Å². The highest BCUT2D eigenvalue weighted by molar-refractivity contribution is 5.55. The number of hydrogen-bond donors (Lipinski definition) is 0. The van der Waals surface area contributed by atoms with E-state index in [0.29, 0.717) is 11.7 Å². The maximum absolute atomic E-state index is 13.3. The Labute approximate surface area is 99.2 Å². The van der Waals surface area contributed by atoms with E-state index < -0.39 is 10.7 Å². The Hall–Kier alpha value is -1.65. The van der Waals surface area contributed by atoms with Gasteiger partial charge in [-0.25, -0.2) is 4.39 Å². The van der Waals surface area contributed by atoms with E-state index in [2.05, 4.69) is 4.90 Å². The normalized spacial score (nSPS) is 14.7. The third-order valence-electron chi connectivity index (χ3n) is 2.86. The van der Waals surface area contributed by atoms with E-state index in [1.807, 2.05) is 6.92 Å². The fourth-order valence-corrected chi connectivity index (χ4v) is 1.98. The topological polar surface area (TPSA) is 46.4 Å². The van der Waals surface area contributed by atoms with E-state index >= 15 is 0 Å². The van der Waals surface area contributed by atoms with Crippen molar-refractivity contribution < 1.29 is 9.31 Å². The molecule has 1 saturated carbocycles. The van der Waals surface area contributed by atoms with Crippen LogP contribution in [0.5, 0.6) is 0 Å². The summed E-state index contributed by atoms with van der Waals surface area (Å²) in [5.41, 5.74) is 0.447. The highest BCUT2D eigenvalue weighted by Crippen LogP contribution is 2.33. The number of non-ortho nitro benzene ring substituents is 1. The molecule has 0 unspecified atom stereocenters. The van der Waals surface area contributed by atoms with Crippen LogP contribution in [0.4, 0.5) is 15.8 Å². The van der Waals surface area contributed by atoms with E-state index in [9.17, 15) is 14.5 Å². The van der Waals surface area contributed by atoms with E-state index in [-0.39, 0.29) is 5.69 Å². The maximum atomic E-state index is 13.3. The number of anilines is 1. The van der Waals surface area contributed by atoms with Gasteiger partial charge in [0.25, 0.3) is 5.69 Å². The highest BCUT2D eigenvalue weighted by Gasteiger charge is 2.29. The standard InChI is InChI=1S/C12H15FN2O2/c1-2-5-14(10-3-4-10)11-6-9(13)7-12(8-11)15(16)17/h6-8,10H,2-5H2,1H3. The molecule has 0 heterocycles. The molecule has 0 radical (unpaired) electrons. The Bertz CT molecular complexity index is 433. The van der Waals surface area contributed by atoms with Crippen molar-refractivity contribution in [3.8, 4) is 0 Å². The van der Waals surface area contributed by atoms with Crippen LogP contribution >= 0.6 is 0 Å². The number of nitrogens with zero attached hydrogens (tertiary/aromatic N) is 2. The minimum atomic E-state index is -0.552. The first-order chi connectivity index (χ1) is 8.11. The smallest absolute Gasteiger partial charge is 0.274 e. The van der Waals surface area contributed by atoms with Gasteiger partial charge in [-0.05, 0) is 25.3 Å². The van der Waals surface area contributed by atoms with Crippen LogP contribution in [0.1, 0.15) is 26.2 Å². The summed E-state index contributed by atoms with van der Waals surface area (Å²) < 4.78 is 13.3. The van der Waals surface area contributed by atoms with Crippen molar-refractivity contribution >= 4 is 11.4 Å². The van der Waals surface area contributed by atoms with E-state index in [4.69, 9.17) is 0 Å². The van der Waals surface area contributed by atoms with Crippen LogP contribution in [0.25, 0.3) is 0 Å². The zero-order chi connectivity index (χ0) is 12.4. The first-order valence-electron chi connectivity index (χ1n) is 5.83. The largest absolute Gasteiger partial charge is 0.368 e. The fraction of sp³-hybridized carbons (Fsp3) is 0.500. The summed E-state index contributed by atoms with van der Waals surface area (Å²) in [7, 11) is 0. The Morgan fingerprint density at radius 1 is 1.47 bits per heavy atom. The van der Waals surface area contributed by atoms with Gasteiger partial charge in [-0.2, -0.15) is 0 Å². The summed E-state index contributed by atoms with van der Waals surface area (Å²) >= 11 is 0. The molecule has 4 nitrogen and oxygen atoms in total. The summed E-state index contributed by atoms with van der Waals surface area (Å²) in [4.78, 5) is 12.2. The summed E-state index contributed by atoms with van der Waals surface area (Å²) in [5, 5.41) is 10.7. The van der Waals surface area contributed by atoms with Crippen LogP contribution in [0.2, 0.25) is 0 Å². The molecule has 0 saturated heterocycles. The zero-order valence-electron chi connectivity index (χ0n) is 9.73. The molecular formula is C12H15FN2O2. The number of nitro benzene ring substituents is 1. The maximum Gasteiger partial charge on any atom is 0.274 e. The molecule has 1 aromatic rings. The Morgan fingerprint density at radius 3 is 2.71 bits per heavy atom. The number of benzene rings is 1. The molecule has 1 aliphatic carbocycles. The molecule has 0 atom stereocenters. The summed E-state index contributed by atoms with van der Waals surface area (Å²) in [5.74, 6) is -0.545. The summed E-state index contributed by atoms with van der Waals surface area (Å²) in [6.07, 6.45) is 3.12. The van der Waals surface area contributed by atoms with Gasteiger partial charge in [0.1, 0.15) is 5.82 Å². The van der Waals surface area contributed by atoms with Crippen LogP contribution in [0.15, 0.2) is 18.2 Å². The zero-order valence-corrected chi connectivity index (χ0v) is 9.73. The van der Waals surface area contributed by atoms with Gasteiger partial charge in [-0.3, -0.25) is 10.1 Å². The van der Waals surface area contributed by atoms with Crippen molar-refractivity contribution in [3.05, 3.63) is 34.1 Å². The molecule has 17 heavy (non-hydrogen) atoms. The predicted molar refractivity (Wildman–Crippen MR) is 63.7 cm³/mol. The lowest BCUT2D eigenvalue weighted by molar-refractivity contribution is -0.385. The van der Waals surface area contributed by atoms with Crippen molar-refractivity contribution in [1.82, 2.24) is 0 Å². The Kier molecular flexibility index (Phi) is 3.26. The van der Waals surface area contributed by atoms with Crippen molar-refractivity contribution in [2.45, 2.75) is 32.2 Å². The number of hydrogen-bond acceptors (Lipinski definition) is 3. The third kappa shape index (κ3) is 2.72. The molecule has 1 aromatic carbocycles. The SMILES string of the molecule is CCCN(c1cc(F)cc([N+](=O)[O-])c1)C1CC1. The number of nitro groups is 1. The molecule has 92 valence electrons. The van der Waals surface area contributed by atoms with Crippen molar-refractivity contribution in [3.63, 3.8) is 0 Å². The van der Waals surface area contributed by atoms with Crippen LogP contribution in [0.3, 0.4) is 0 Å². The van der Waals surface area contributed by atoms with Crippen LogP contribution in [-0.2, 0) is 0 Å². The van der Waals surface area contributed by atoms with Gasteiger partial charge >= 0.3 is 0 Å². The lowest BCUT2D eigenvalue weighted by Gasteiger charge is -2.23. The average molecular weight is 238 g/mol. The van der Waals surface area contributed by atoms with Crippen LogP contribution < -0.4 is 4.90 Å².